The van der Waals surface area contributed by atoms with E-state index in [9.17, 15) is 4.79 Å². The monoisotopic (exact) mass is 229 g/mol. The van der Waals surface area contributed by atoms with Crippen LogP contribution in [0.15, 0.2) is 0 Å². The summed E-state index contributed by atoms with van der Waals surface area (Å²) in [6.45, 7) is 9.93. The Morgan fingerprint density at radius 2 is 1.88 bits per heavy atom. The van der Waals surface area contributed by atoms with Crippen LogP contribution < -0.4 is 11.1 Å². The van der Waals surface area contributed by atoms with E-state index in [0.717, 1.165) is 13.0 Å². The number of amides is 1. The fourth-order valence-electron chi connectivity index (χ4n) is 1.22. The number of carbonyl (C=O) groups excluding carboxylic acids is 1. The molecule has 0 aromatic heterocycles. The van der Waals surface area contributed by atoms with Crippen molar-refractivity contribution in [3.63, 3.8) is 0 Å². The molecule has 4 nitrogen and oxygen atoms in total. The first kappa shape index (κ1) is 15.4. The van der Waals surface area contributed by atoms with Gasteiger partial charge < -0.3 is 16.0 Å². The predicted octanol–water partition coefficient (Wildman–Crippen LogP) is 0.816. The predicted molar refractivity (Wildman–Crippen MR) is 68.2 cm³/mol. The summed E-state index contributed by atoms with van der Waals surface area (Å²) in [6.07, 6.45) is 0.964. The second-order valence-electron chi connectivity index (χ2n) is 4.99. The summed E-state index contributed by atoms with van der Waals surface area (Å²) in [6, 6.07) is 0.163. The van der Waals surface area contributed by atoms with E-state index in [2.05, 4.69) is 31.1 Å². The van der Waals surface area contributed by atoms with Gasteiger partial charge in [0.25, 0.3) is 0 Å². The largest absolute Gasteiger partial charge is 0.355 e. The van der Waals surface area contributed by atoms with Gasteiger partial charge in [-0.15, -0.1) is 0 Å². The molecule has 0 aromatic carbocycles. The molecular weight excluding hydrogens is 202 g/mol. The highest BCUT2D eigenvalue weighted by atomic mass is 16.2. The van der Waals surface area contributed by atoms with E-state index in [1.54, 1.807) is 0 Å². The van der Waals surface area contributed by atoms with Crippen molar-refractivity contribution in [3.05, 3.63) is 0 Å². The van der Waals surface area contributed by atoms with Crippen LogP contribution in [0.5, 0.6) is 0 Å². The Hall–Kier alpha value is -0.610. The van der Waals surface area contributed by atoms with E-state index in [-0.39, 0.29) is 17.9 Å². The standard InChI is InChI=1S/C12H27N3O/c1-9(2)11(13)12(16)14-7-6-8-15(5)10(3)4/h9-11H,6-8,13H2,1-5H3,(H,14,16). The molecule has 0 heterocycles. The maximum atomic E-state index is 11.5. The van der Waals surface area contributed by atoms with Gasteiger partial charge >= 0.3 is 0 Å². The lowest BCUT2D eigenvalue weighted by Gasteiger charge is -2.21. The van der Waals surface area contributed by atoms with E-state index >= 15 is 0 Å². The second-order valence-corrected chi connectivity index (χ2v) is 4.99. The molecule has 0 aliphatic heterocycles. The lowest BCUT2D eigenvalue weighted by molar-refractivity contribution is -0.123. The average molecular weight is 229 g/mol. The van der Waals surface area contributed by atoms with Crippen molar-refractivity contribution in [2.45, 2.75) is 46.2 Å². The fourth-order valence-corrected chi connectivity index (χ4v) is 1.22. The van der Waals surface area contributed by atoms with E-state index < -0.39 is 0 Å². The van der Waals surface area contributed by atoms with Crippen LogP contribution in [0, 0.1) is 5.92 Å². The van der Waals surface area contributed by atoms with Crippen molar-refractivity contribution in [1.82, 2.24) is 10.2 Å². The van der Waals surface area contributed by atoms with Crippen LogP contribution >= 0.6 is 0 Å². The molecule has 3 N–H and O–H groups in total. The number of carbonyl (C=O) groups is 1. The van der Waals surface area contributed by atoms with Gasteiger partial charge in [0.2, 0.25) is 5.91 Å². The molecule has 96 valence electrons. The number of nitrogens with zero attached hydrogens (tertiary/aromatic N) is 1. The van der Waals surface area contributed by atoms with Crippen molar-refractivity contribution in [2.75, 3.05) is 20.1 Å². The molecule has 0 bridgehead atoms. The van der Waals surface area contributed by atoms with Crippen LogP contribution in [0.25, 0.3) is 0 Å². The van der Waals surface area contributed by atoms with Crippen LogP contribution in [0.3, 0.4) is 0 Å². The molecular formula is C12H27N3O. The molecule has 0 rings (SSSR count). The lowest BCUT2D eigenvalue weighted by atomic mass is 10.1. The summed E-state index contributed by atoms with van der Waals surface area (Å²) < 4.78 is 0. The zero-order valence-electron chi connectivity index (χ0n) is 11.3. The van der Waals surface area contributed by atoms with Gasteiger partial charge in [-0.25, -0.2) is 0 Å². The van der Waals surface area contributed by atoms with Gasteiger partial charge in [-0.3, -0.25) is 4.79 Å². The summed E-state index contributed by atoms with van der Waals surface area (Å²) in [4.78, 5) is 13.8. The van der Waals surface area contributed by atoms with Crippen molar-refractivity contribution < 1.29 is 4.79 Å². The number of hydrogen-bond acceptors (Lipinski definition) is 3. The summed E-state index contributed by atoms with van der Waals surface area (Å²) in [5, 5.41) is 2.87. The summed E-state index contributed by atoms with van der Waals surface area (Å²) >= 11 is 0. The van der Waals surface area contributed by atoms with E-state index in [1.807, 2.05) is 13.8 Å². The van der Waals surface area contributed by atoms with Gasteiger partial charge in [0, 0.05) is 12.6 Å². The van der Waals surface area contributed by atoms with Crippen LogP contribution in [-0.2, 0) is 4.79 Å². The Morgan fingerprint density at radius 1 is 1.31 bits per heavy atom. The molecule has 0 fully saturated rings. The maximum Gasteiger partial charge on any atom is 0.237 e. The van der Waals surface area contributed by atoms with E-state index in [1.165, 1.54) is 0 Å². The second kappa shape index (κ2) is 7.63. The lowest BCUT2D eigenvalue weighted by Crippen LogP contribution is -2.44. The average Bonchev–Trinajstić information content (AvgIpc) is 2.22. The molecule has 0 aromatic rings. The SMILES string of the molecule is CC(C)C(N)C(=O)NCCCN(C)C(C)C. The highest BCUT2D eigenvalue weighted by Gasteiger charge is 2.16. The molecule has 0 aliphatic rings. The van der Waals surface area contributed by atoms with Crippen LogP contribution in [0.4, 0.5) is 0 Å². The molecule has 0 radical (unpaired) electrons. The molecule has 1 unspecified atom stereocenters. The third-order valence-corrected chi connectivity index (χ3v) is 2.89. The van der Waals surface area contributed by atoms with Gasteiger partial charge in [-0.05, 0) is 39.8 Å². The normalized spacial score (nSPS) is 13.6. The molecule has 4 heteroatoms. The van der Waals surface area contributed by atoms with Crippen molar-refractivity contribution in [1.29, 1.82) is 0 Å². The Bertz CT molecular complexity index is 204. The minimum absolute atomic E-state index is 0.0396. The fraction of sp³-hybridized carbons (Fsp3) is 0.917. The van der Waals surface area contributed by atoms with Gasteiger partial charge in [0.15, 0.2) is 0 Å². The summed E-state index contributed by atoms with van der Waals surface area (Å²) in [7, 11) is 2.09. The highest BCUT2D eigenvalue weighted by molar-refractivity contribution is 5.81. The van der Waals surface area contributed by atoms with E-state index in [4.69, 9.17) is 5.73 Å². The zero-order valence-corrected chi connectivity index (χ0v) is 11.3. The van der Waals surface area contributed by atoms with Crippen LogP contribution in [0.1, 0.15) is 34.1 Å². The third kappa shape index (κ3) is 6.08. The molecule has 1 atom stereocenters. The van der Waals surface area contributed by atoms with Crippen molar-refractivity contribution >= 4 is 5.91 Å². The van der Waals surface area contributed by atoms with Gasteiger partial charge in [-0.2, -0.15) is 0 Å². The first-order chi connectivity index (χ1) is 7.36. The number of hydrogen-bond donors (Lipinski definition) is 2. The smallest absolute Gasteiger partial charge is 0.237 e. The number of nitrogens with one attached hydrogen (secondary N) is 1. The Kier molecular flexibility index (Phi) is 7.34. The Balaban J connectivity index is 3.63. The molecule has 0 saturated heterocycles. The molecule has 0 saturated carbocycles. The molecule has 0 spiro atoms. The maximum absolute atomic E-state index is 11.5. The quantitative estimate of drug-likeness (QED) is 0.635. The van der Waals surface area contributed by atoms with Crippen LogP contribution in [0.2, 0.25) is 0 Å². The van der Waals surface area contributed by atoms with Crippen molar-refractivity contribution in [3.8, 4) is 0 Å². The zero-order chi connectivity index (χ0) is 12.7. The van der Waals surface area contributed by atoms with Gasteiger partial charge in [-0.1, -0.05) is 13.8 Å². The first-order valence-electron chi connectivity index (χ1n) is 6.09. The topological polar surface area (TPSA) is 58.4 Å². The molecule has 1 amide bonds. The van der Waals surface area contributed by atoms with E-state index in [0.29, 0.717) is 12.6 Å². The molecule has 0 aliphatic carbocycles. The van der Waals surface area contributed by atoms with Crippen LogP contribution in [-0.4, -0.2) is 43.0 Å². The third-order valence-electron chi connectivity index (χ3n) is 2.89. The van der Waals surface area contributed by atoms with Crippen molar-refractivity contribution in [2.24, 2.45) is 11.7 Å². The summed E-state index contributed by atoms with van der Waals surface area (Å²) in [5.41, 5.74) is 5.73. The Morgan fingerprint density at radius 3 is 2.31 bits per heavy atom. The number of nitrogens with two attached hydrogens (primary N) is 1. The minimum Gasteiger partial charge on any atom is -0.355 e. The van der Waals surface area contributed by atoms with Gasteiger partial charge in [0.1, 0.15) is 0 Å². The van der Waals surface area contributed by atoms with Gasteiger partial charge in [0.05, 0.1) is 6.04 Å². The highest BCUT2D eigenvalue weighted by Crippen LogP contribution is 1.98. The summed E-state index contributed by atoms with van der Waals surface area (Å²) in [5.74, 6) is 0.153. The Labute approximate surface area is 99.6 Å². The number of rotatable bonds is 7. The molecule has 16 heavy (non-hydrogen) atoms. The first-order valence-corrected chi connectivity index (χ1v) is 6.09. The minimum atomic E-state index is -0.386.